The maximum Gasteiger partial charge on any atom is 0.221 e. The molecule has 0 aliphatic rings. The van der Waals surface area contributed by atoms with Crippen molar-refractivity contribution in [3.63, 3.8) is 0 Å². The average Bonchev–Trinajstić information content (AvgIpc) is 2.31. The molecule has 1 aromatic heterocycles. The molecule has 0 spiro atoms. The smallest absolute Gasteiger partial charge is 0.221 e. The van der Waals surface area contributed by atoms with E-state index in [9.17, 15) is 4.79 Å². The molecule has 0 aliphatic heterocycles. The number of pyridine rings is 1. The summed E-state index contributed by atoms with van der Waals surface area (Å²) < 4.78 is 0. The van der Waals surface area contributed by atoms with Crippen molar-refractivity contribution in [2.75, 3.05) is 17.6 Å². The van der Waals surface area contributed by atoms with Gasteiger partial charge in [-0.25, -0.2) is 4.98 Å². The van der Waals surface area contributed by atoms with E-state index in [0.29, 0.717) is 18.7 Å². The van der Waals surface area contributed by atoms with Gasteiger partial charge in [0.25, 0.3) is 0 Å². The van der Waals surface area contributed by atoms with Gasteiger partial charge in [0.2, 0.25) is 5.91 Å². The summed E-state index contributed by atoms with van der Waals surface area (Å²) in [5.41, 5.74) is 6.15. The summed E-state index contributed by atoms with van der Waals surface area (Å²) in [6, 6.07) is 3.80. The van der Waals surface area contributed by atoms with E-state index in [2.05, 4.69) is 15.6 Å². The van der Waals surface area contributed by atoms with Crippen LogP contribution in [0.5, 0.6) is 0 Å². The number of carbonyl (C=O) groups excluding carboxylic acids is 1. The van der Waals surface area contributed by atoms with E-state index in [1.54, 1.807) is 18.3 Å². The molecular weight excluding hydrogens is 216 g/mol. The van der Waals surface area contributed by atoms with Gasteiger partial charge in [-0.05, 0) is 25.5 Å². The molecule has 1 aromatic rings. The Morgan fingerprint density at radius 1 is 1.53 bits per heavy atom. The van der Waals surface area contributed by atoms with Gasteiger partial charge in [0.05, 0.1) is 11.9 Å². The van der Waals surface area contributed by atoms with Gasteiger partial charge >= 0.3 is 0 Å². The molecule has 17 heavy (non-hydrogen) atoms. The Labute approximate surface area is 102 Å². The number of nitrogens with zero attached hydrogens (tertiary/aromatic N) is 1. The lowest BCUT2D eigenvalue weighted by molar-refractivity contribution is -0.121. The third-order valence-corrected chi connectivity index (χ3v) is 2.46. The summed E-state index contributed by atoms with van der Waals surface area (Å²) in [5, 5.41) is 5.97. The Morgan fingerprint density at radius 2 is 2.29 bits per heavy atom. The van der Waals surface area contributed by atoms with Crippen LogP contribution in [-0.4, -0.2) is 23.5 Å². The second-order valence-corrected chi connectivity index (χ2v) is 4.03. The molecule has 0 radical (unpaired) electrons. The Balaban J connectivity index is 2.23. The third-order valence-electron chi connectivity index (χ3n) is 2.46. The number of rotatable bonds is 6. The van der Waals surface area contributed by atoms with E-state index in [1.165, 1.54) is 0 Å². The Hall–Kier alpha value is -1.78. The van der Waals surface area contributed by atoms with Gasteiger partial charge in [0, 0.05) is 19.0 Å². The minimum Gasteiger partial charge on any atom is -0.397 e. The van der Waals surface area contributed by atoms with E-state index < -0.39 is 0 Å². The molecule has 0 saturated carbocycles. The highest BCUT2D eigenvalue weighted by atomic mass is 16.1. The first-order valence-corrected chi connectivity index (χ1v) is 5.86. The molecule has 1 heterocycles. The van der Waals surface area contributed by atoms with E-state index >= 15 is 0 Å². The van der Waals surface area contributed by atoms with Crippen LogP contribution in [0.15, 0.2) is 18.3 Å². The summed E-state index contributed by atoms with van der Waals surface area (Å²) in [4.78, 5) is 15.5. The van der Waals surface area contributed by atoms with Crippen molar-refractivity contribution in [2.45, 2.75) is 32.7 Å². The number of nitrogen functional groups attached to an aromatic ring is 1. The second kappa shape index (κ2) is 6.73. The molecule has 1 atom stereocenters. The first kappa shape index (κ1) is 13.3. The van der Waals surface area contributed by atoms with E-state index in [0.717, 1.165) is 12.2 Å². The van der Waals surface area contributed by atoms with Crippen molar-refractivity contribution >= 4 is 17.4 Å². The minimum atomic E-state index is 0.0577. The fourth-order valence-electron chi connectivity index (χ4n) is 1.26. The third kappa shape index (κ3) is 5.19. The fourth-order valence-corrected chi connectivity index (χ4v) is 1.26. The van der Waals surface area contributed by atoms with Gasteiger partial charge in [-0.15, -0.1) is 0 Å². The van der Waals surface area contributed by atoms with Gasteiger partial charge < -0.3 is 16.4 Å². The van der Waals surface area contributed by atoms with Crippen LogP contribution in [0, 0.1) is 0 Å². The summed E-state index contributed by atoms with van der Waals surface area (Å²) in [5.74, 6) is 0.790. The number of aromatic nitrogens is 1. The van der Waals surface area contributed by atoms with E-state index in [4.69, 9.17) is 5.73 Å². The number of nitrogens with one attached hydrogen (secondary N) is 2. The largest absolute Gasteiger partial charge is 0.397 e. The standard InChI is InChI=1S/C12H20N4O/c1-3-9(2)16-12(17)6-7-14-11-5-4-10(13)8-15-11/h4-5,8-9H,3,6-7,13H2,1-2H3,(H,14,15)(H,16,17). The summed E-state index contributed by atoms with van der Waals surface area (Å²) in [6.07, 6.45) is 2.97. The normalized spacial score (nSPS) is 11.9. The van der Waals surface area contributed by atoms with Gasteiger partial charge in [-0.2, -0.15) is 0 Å². The second-order valence-electron chi connectivity index (χ2n) is 4.03. The molecule has 0 aromatic carbocycles. The summed E-state index contributed by atoms with van der Waals surface area (Å²) in [7, 11) is 0. The van der Waals surface area contributed by atoms with Crippen LogP contribution in [-0.2, 0) is 4.79 Å². The minimum absolute atomic E-state index is 0.0577. The van der Waals surface area contributed by atoms with E-state index in [1.807, 2.05) is 13.8 Å². The topological polar surface area (TPSA) is 80.0 Å². The number of nitrogens with two attached hydrogens (primary N) is 1. The first-order valence-electron chi connectivity index (χ1n) is 5.86. The predicted octanol–water partition coefficient (Wildman–Crippen LogP) is 1.38. The van der Waals surface area contributed by atoms with Crippen LogP contribution in [0.25, 0.3) is 0 Å². The number of anilines is 2. The fraction of sp³-hybridized carbons (Fsp3) is 0.500. The Morgan fingerprint density at radius 3 is 2.88 bits per heavy atom. The molecule has 0 fully saturated rings. The van der Waals surface area contributed by atoms with Gasteiger partial charge in [0.15, 0.2) is 0 Å². The lowest BCUT2D eigenvalue weighted by atomic mass is 10.2. The van der Waals surface area contributed by atoms with Crippen molar-refractivity contribution in [1.82, 2.24) is 10.3 Å². The number of carbonyl (C=O) groups is 1. The molecule has 5 nitrogen and oxygen atoms in total. The van der Waals surface area contributed by atoms with Crippen LogP contribution in [0.3, 0.4) is 0 Å². The maximum atomic E-state index is 11.5. The van der Waals surface area contributed by atoms with Crippen molar-refractivity contribution in [3.8, 4) is 0 Å². The molecule has 1 amide bonds. The van der Waals surface area contributed by atoms with Crippen LogP contribution < -0.4 is 16.4 Å². The highest BCUT2D eigenvalue weighted by Gasteiger charge is 2.04. The average molecular weight is 236 g/mol. The zero-order chi connectivity index (χ0) is 12.7. The zero-order valence-electron chi connectivity index (χ0n) is 10.4. The SMILES string of the molecule is CCC(C)NC(=O)CCNc1ccc(N)cn1. The molecule has 4 N–H and O–H groups in total. The van der Waals surface area contributed by atoms with Crippen molar-refractivity contribution in [2.24, 2.45) is 0 Å². The molecule has 1 rings (SSSR count). The van der Waals surface area contributed by atoms with Crippen LogP contribution in [0.4, 0.5) is 11.5 Å². The molecule has 0 saturated heterocycles. The highest BCUT2D eigenvalue weighted by Crippen LogP contribution is 2.05. The lowest BCUT2D eigenvalue weighted by Crippen LogP contribution is -2.32. The van der Waals surface area contributed by atoms with Gasteiger partial charge in [-0.1, -0.05) is 6.92 Å². The van der Waals surface area contributed by atoms with Crippen LogP contribution in [0.2, 0.25) is 0 Å². The predicted molar refractivity (Wildman–Crippen MR) is 69.7 cm³/mol. The monoisotopic (exact) mass is 236 g/mol. The molecule has 0 aliphatic carbocycles. The maximum absolute atomic E-state index is 11.5. The van der Waals surface area contributed by atoms with E-state index in [-0.39, 0.29) is 11.9 Å². The van der Waals surface area contributed by atoms with Crippen LogP contribution in [0.1, 0.15) is 26.7 Å². The first-order chi connectivity index (χ1) is 8.11. The molecule has 5 heteroatoms. The quantitative estimate of drug-likeness (QED) is 0.697. The number of hydrogen-bond acceptors (Lipinski definition) is 4. The molecule has 1 unspecified atom stereocenters. The molecule has 94 valence electrons. The van der Waals surface area contributed by atoms with Crippen LogP contribution >= 0.6 is 0 Å². The number of hydrogen-bond donors (Lipinski definition) is 3. The molecule has 0 bridgehead atoms. The highest BCUT2D eigenvalue weighted by molar-refractivity contribution is 5.76. The summed E-state index contributed by atoms with van der Waals surface area (Å²) in [6.45, 7) is 4.60. The zero-order valence-corrected chi connectivity index (χ0v) is 10.4. The Kier molecular flexibility index (Phi) is 5.26. The van der Waals surface area contributed by atoms with Gasteiger partial charge in [0.1, 0.15) is 5.82 Å². The van der Waals surface area contributed by atoms with Crippen molar-refractivity contribution in [3.05, 3.63) is 18.3 Å². The summed E-state index contributed by atoms with van der Waals surface area (Å²) >= 11 is 0. The van der Waals surface area contributed by atoms with Crippen molar-refractivity contribution < 1.29 is 4.79 Å². The molecular formula is C12H20N4O. The Bertz CT molecular complexity index is 350. The van der Waals surface area contributed by atoms with Crippen molar-refractivity contribution in [1.29, 1.82) is 0 Å². The lowest BCUT2D eigenvalue weighted by Gasteiger charge is -2.11. The number of amides is 1. The van der Waals surface area contributed by atoms with Gasteiger partial charge in [-0.3, -0.25) is 4.79 Å².